The minimum atomic E-state index is -0.967. The van der Waals surface area contributed by atoms with Gasteiger partial charge in [0, 0.05) is 11.8 Å². The molecule has 0 fully saturated rings. The lowest BCUT2D eigenvalue weighted by Gasteiger charge is -2.15. The standard InChI is InChI=1S/C17H17F2N3O3/c1-10(16(23)22-17(20)24)21-13-5-6-15(14(19)8-13)25-9-11-3-2-4-12(18)7-11/h2-8,10,21H,9H2,1H3,(H3,20,22,23,24)/t10-/m0/s1. The van der Waals surface area contributed by atoms with E-state index in [1.54, 1.807) is 6.07 Å². The number of imide groups is 1. The maximum Gasteiger partial charge on any atom is 0.318 e. The van der Waals surface area contributed by atoms with Gasteiger partial charge in [-0.3, -0.25) is 10.1 Å². The fourth-order valence-electron chi connectivity index (χ4n) is 2.04. The molecule has 132 valence electrons. The smallest absolute Gasteiger partial charge is 0.318 e. The van der Waals surface area contributed by atoms with Gasteiger partial charge in [0.05, 0.1) is 0 Å². The lowest BCUT2D eigenvalue weighted by molar-refractivity contribution is -0.120. The third-order valence-corrected chi connectivity index (χ3v) is 3.24. The molecule has 0 saturated carbocycles. The molecule has 0 aliphatic heterocycles. The van der Waals surface area contributed by atoms with Crippen LogP contribution in [0.25, 0.3) is 0 Å². The Balaban J connectivity index is 1.98. The molecule has 0 aliphatic carbocycles. The summed E-state index contributed by atoms with van der Waals surface area (Å²) in [5.41, 5.74) is 5.75. The maximum atomic E-state index is 14.1. The number of ether oxygens (including phenoxy) is 1. The van der Waals surface area contributed by atoms with Crippen LogP contribution in [0.5, 0.6) is 5.75 Å². The predicted octanol–water partition coefficient (Wildman–Crippen LogP) is 2.54. The van der Waals surface area contributed by atoms with Crippen molar-refractivity contribution in [2.75, 3.05) is 5.32 Å². The van der Waals surface area contributed by atoms with Gasteiger partial charge in [-0.25, -0.2) is 13.6 Å². The van der Waals surface area contributed by atoms with E-state index in [1.165, 1.54) is 37.3 Å². The van der Waals surface area contributed by atoms with Crippen LogP contribution in [0.4, 0.5) is 19.3 Å². The third kappa shape index (κ3) is 5.45. The van der Waals surface area contributed by atoms with E-state index < -0.39 is 29.6 Å². The molecule has 1 atom stereocenters. The fourth-order valence-corrected chi connectivity index (χ4v) is 2.04. The summed E-state index contributed by atoms with van der Waals surface area (Å²) < 4.78 is 32.5. The van der Waals surface area contributed by atoms with Crippen molar-refractivity contribution in [3.05, 3.63) is 59.7 Å². The first-order chi connectivity index (χ1) is 11.8. The number of amides is 3. The SMILES string of the molecule is C[C@H](Nc1ccc(OCc2cccc(F)c2)c(F)c1)C(=O)NC(N)=O. The zero-order valence-electron chi connectivity index (χ0n) is 13.4. The highest BCUT2D eigenvalue weighted by molar-refractivity contribution is 5.97. The zero-order chi connectivity index (χ0) is 18.4. The molecule has 2 aromatic carbocycles. The monoisotopic (exact) mass is 349 g/mol. The average molecular weight is 349 g/mol. The second-order valence-electron chi connectivity index (χ2n) is 5.28. The number of carbonyl (C=O) groups excluding carboxylic acids is 2. The number of primary amides is 1. The highest BCUT2D eigenvalue weighted by Crippen LogP contribution is 2.22. The summed E-state index contributed by atoms with van der Waals surface area (Å²) in [5.74, 6) is -1.70. The van der Waals surface area contributed by atoms with Crippen molar-refractivity contribution in [1.29, 1.82) is 0 Å². The Bertz CT molecular complexity index is 783. The van der Waals surface area contributed by atoms with Crippen LogP contribution in [0.3, 0.4) is 0 Å². The van der Waals surface area contributed by atoms with Crippen molar-refractivity contribution in [3.8, 4) is 5.75 Å². The molecule has 0 aliphatic rings. The van der Waals surface area contributed by atoms with E-state index >= 15 is 0 Å². The average Bonchev–Trinajstić information content (AvgIpc) is 2.53. The van der Waals surface area contributed by atoms with Crippen LogP contribution in [0.15, 0.2) is 42.5 Å². The minimum absolute atomic E-state index is 0.0101. The largest absolute Gasteiger partial charge is 0.486 e. The molecule has 4 N–H and O–H groups in total. The molecule has 3 amide bonds. The number of urea groups is 1. The summed E-state index contributed by atoms with van der Waals surface area (Å²) in [6, 6.07) is 8.08. The Kier molecular flexibility index (Phi) is 5.89. The molecule has 0 bridgehead atoms. The molecule has 2 rings (SSSR count). The van der Waals surface area contributed by atoms with Gasteiger partial charge in [0.1, 0.15) is 18.5 Å². The second-order valence-corrected chi connectivity index (χ2v) is 5.28. The number of benzene rings is 2. The lowest BCUT2D eigenvalue weighted by Crippen LogP contribution is -2.43. The van der Waals surface area contributed by atoms with Gasteiger partial charge in [-0.05, 0) is 36.8 Å². The summed E-state index contributed by atoms with van der Waals surface area (Å²) in [4.78, 5) is 22.2. The van der Waals surface area contributed by atoms with Crippen LogP contribution >= 0.6 is 0 Å². The van der Waals surface area contributed by atoms with E-state index in [9.17, 15) is 18.4 Å². The summed E-state index contributed by atoms with van der Waals surface area (Å²) in [6.45, 7) is 1.50. The first-order valence-corrected chi connectivity index (χ1v) is 7.39. The molecule has 0 spiro atoms. The van der Waals surface area contributed by atoms with E-state index in [-0.39, 0.29) is 12.4 Å². The van der Waals surface area contributed by atoms with Gasteiger partial charge < -0.3 is 15.8 Å². The van der Waals surface area contributed by atoms with E-state index in [2.05, 4.69) is 5.32 Å². The van der Waals surface area contributed by atoms with Crippen LogP contribution < -0.4 is 21.1 Å². The predicted molar refractivity (Wildman–Crippen MR) is 87.9 cm³/mol. The number of hydrogen-bond acceptors (Lipinski definition) is 4. The first kappa shape index (κ1) is 18.2. The van der Waals surface area contributed by atoms with Crippen molar-refractivity contribution < 1.29 is 23.1 Å². The van der Waals surface area contributed by atoms with Crippen LogP contribution in [0.2, 0.25) is 0 Å². The fraction of sp³-hybridized carbons (Fsp3) is 0.176. The van der Waals surface area contributed by atoms with E-state index in [0.717, 1.165) is 6.07 Å². The molecule has 0 aromatic heterocycles. The van der Waals surface area contributed by atoms with Crippen LogP contribution in [0.1, 0.15) is 12.5 Å². The van der Waals surface area contributed by atoms with Crippen LogP contribution in [0, 0.1) is 11.6 Å². The van der Waals surface area contributed by atoms with E-state index in [0.29, 0.717) is 11.3 Å². The minimum Gasteiger partial charge on any atom is -0.486 e. The molecule has 0 saturated heterocycles. The van der Waals surface area contributed by atoms with Gasteiger partial charge in [0.2, 0.25) is 5.91 Å². The van der Waals surface area contributed by atoms with Crippen molar-refractivity contribution >= 4 is 17.6 Å². The van der Waals surface area contributed by atoms with Crippen molar-refractivity contribution in [2.24, 2.45) is 5.73 Å². The van der Waals surface area contributed by atoms with E-state index in [1.807, 2.05) is 5.32 Å². The van der Waals surface area contributed by atoms with Crippen molar-refractivity contribution in [3.63, 3.8) is 0 Å². The highest BCUT2D eigenvalue weighted by Gasteiger charge is 2.15. The summed E-state index contributed by atoms with van der Waals surface area (Å²) in [7, 11) is 0. The number of nitrogens with two attached hydrogens (primary N) is 1. The Hall–Kier alpha value is -3.16. The van der Waals surface area contributed by atoms with Gasteiger partial charge in [0.15, 0.2) is 11.6 Å². The lowest BCUT2D eigenvalue weighted by atomic mass is 10.2. The van der Waals surface area contributed by atoms with Gasteiger partial charge in [-0.15, -0.1) is 0 Å². The Morgan fingerprint density at radius 2 is 1.96 bits per heavy atom. The number of rotatable bonds is 6. The Morgan fingerprint density at radius 1 is 1.20 bits per heavy atom. The molecule has 0 radical (unpaired) electrons. The second kappa shape index (κ2) is 8.09. The van der Waals surface area contributed by atoms with Crippen LogP contribution in [-0.2, 0) is 11.4 Å². The molecule has 0 unspecified atom stereocenters. The topological polar surface area (TPSA) is 93.4 Å². The number of anilines is 1. The van der Waals surface area contributed by atoms with E-state index in [4.69, 9.17) is 10.5 Å². The zero-order valence-corrected chi connectivity index (χ0v) is 13.4. The van der Waals surface area contributed by atoms with Gasteiger partial charge in [0.25, 0.3) is 0 Å². The Labute approximate surface area is 143 Å². The summed E-state index contributed by atoms with van der Waals surface area (Å²) >= 11 is 0. The molecular formula is C17H17F2N3O3. The van der Waals surface area contributed by atoms with Crippen molar-refractivity contribution in [1.82, 2.24) is 5.32 Å². The first-order valence-electron chi connectivity index (χ1n) is 7.39. The van der Waals surface area contributed by atoms with Gasteiger partial charge in [-0.2, -0.15) is 0 Å². The summed E-state index contributed by atoms with van der Waals surface area (Å²) in [5, 5.41) is 4.65. The molecule has 8 heteroatoms. The number of carbonyl (C=O) groups is 2. The third-order valence-electron chi connectivity index (χ3n) is 3.24. The summed E-state index contributed by atoms with van der Waals surface area (Å²) in [6.07, 6.45) is 0. The quantitative estimate of drug-likeness (QED) is 0.747. The van der Waals surface area contributed by atoms with Crippen LogP contribution in [-0.4, -0.2) is 18.0 Å². The molecule has 6 nitrogen and oxygen atoms in total. The Morgan fingerprint density at radius 3 is 2.60 bits per heavy atom. The van der Waals surface area contributed by atoms with Crippen molar-refractivity contribution in [2.45, 2.75) is 19.6 Å². The number of halogens is 2. The maximum absolute atomic E-state index is 14.1. The molecule has 0 heterocycles. The van der Waals surface area contributed by atoms with Gasteiger partial charge >= 0.3 is 6.03 Å². The molecule has 2 aromatic rings. The molecule has 25 heavy (non-hydrogen) atoms. The normalized spacial score (nSPS) is 11.5. The highest BCUT2D eigenvalue weighted by atomic mass is 19.1. The molecular weight excluding hydrogens is 332 g/mol. The van der Waals surface area contributed by atoms with Gasteiger partial charge in [-0.1, -0.05) is 12.1 Å². The number of nitrogens with one attached hydrogen (secondary N) is 2. The number of hydrogen-bond donors (Lipinski definition) is 3.